The molecule has 2 aliphatic heterocycles. The molecule has 0 aromatic carbocycles. The van der Waals surface area contributed by atoms with E-state index < -0.39 is 0 Å². The van der Waals surface area contributed by atoms with Gasteiger partial charge in [-0.25, -0.2) is 4.98 Å². The van der Waals surface area contributed by atoms with Crippen molar-refractivity contribution in [2.75, 3.05) is 31.9 Å². The Morgan fingerprint density at radius 1 is 1.24 bits per heavy atom. The zero-order chi connectivity index (χ0) is 20.4. The van der Waals surface area contributed by atoms with Gasteiger partial charge in [0.25, 0.3) is 5.56 Å². The molecule has 2 aromatic heterocycles. The molecule has 29 heavy (non-hydrogen) atoms. The van der Waals surface area contributed by atoms with E-state index in [1.54, 1.807) is 4.57 Å². The quantitative estimate of drug-likeness (QED) is 0.709. The first-order valence-corrected chi connectivity index (χ1v) is 11.2. The summed E-state index contributed by atoms with van der Waals surface area (Å²) in [6.45, 7) is 8.26. The lowest BCUT2D eigenvalue weighted by Crippen LogP contribution is -2.51. The van der Waals surface area contributed by atoms with Crippen molar-refractivity contribution in [3.05, 3.63) is 51.7 Å². The third kappa shape index (κ3) is 4.23. The fourth-order valence-electron chi connectivity index (χ4n) is 4.06. The fraction of sp³-hybridized carbons (Fsp3) is 0.524. The maximum atomic E-state index is 13.1. The molecule has 1 saturated heterocycles. The lowest BCUT2D eigenvalue weighted by Gasteiger charge is -2.37. The Kier molecular flexibility index (Phi) is 6.01. The predicted molar refractivity (Wildman–Crippen MR) is 113 cm³/mol. The van der Waals surface area contributed by atoms with Crippen LogP contribution in [0.3, 0.4) is 0 Å². The van der Waals surface area contributed by atoms with Gasteiger partial charge in [0.1, 0.15) is 0 Å². The van der Waals surface area contributed by atoms with Gasteiger partial charge in [-0.15, -0.1) is 0 Å². The number of aryl methyl sites for hydroxylation is 1. The molecule has 4 heterocycles. The van der Waals surface area contributed by atoms with Crippen LogP contribution in [-0.2, 0) is 24.3 Å². The minimum absolute atomic E-state index is 0.0141. The van der Waals surface area contributed by atoms with Gasteiger partial charge in [0, 0.05) is 62.5 Å². The van der Waals surface area contributed by atoms with Crippen LogP contribution in [0.1, 0.15) is 23.9 Å². The van der Waals surface area contributed by atoms with E-state index in [0.717, 1.165) is 54.8 Å². The van der Waals surface area contributed by atoms with Crippen molar-refractivity contribution in [1.82, 2.24) is 24.3 Å². The lowest BCUT2D eigenvalue weighted by atomic mass is 10.1. The molecule has 1 amide bonds. The predicted octanol–water partition coefficient (Wildman–Crippen LogP) is 1.58. The number of aromatic nitrogens is 3. The van der Waals surface area contributed by atoms with E-state index in [0.29, 0.717) is 18.7 Å². The van der Waals surface area contributed by atoms with E-state index in [-0.39, 0.29) is 17.4 Å². The maximum Gasteiger partial charge on any atom is 0.257 e. The van der Waals surface area contributed by atoms with E-state index >= 15 is 0 Å². The van der Waals surface area contributed by atoms with Crippen molar-refractivity contribution in [2.45, 2.75) is 38.5 Å². The van der Waals surface area contributed by atoms with Crippen molar-refractivity contribution >= 4 is 17.7 Å². The van der Waals surface area contributed by atoms with E-state index in [9.17, 15) is 9.59 Å². The first kappa shape index (κ1) is 20.1. The summed E-state index contributed by atoms with van der Waals surface area (Å²) in [5.41, 5.74) is 2.64. The third-order valence-electron chi connectivity index (χ3n) is 5.75. The monoisotopic (exact) mass is 413 g/mol. The number of fused-ring (bicyclic) bond motifs is 1. The summed E-state index contributed by atoms with van der Waals surface area (Å²) in [5.74, 6) is 0.678. The molecule has 0 unspecified atom stereocenters. The van der Waals surface area contributed by atoms with Gasteiger partial charge < -0.3 is 4.90 Å². The second kappa shape index (κ2) is 8.67. The number of piperazine rings is 1. The first-order valence-electron chi connectivity index (χ1n) is 10.2. The highest BCUT2D eigenvalue weighted by Crippen LogP contribution is 2.27. The summed E-state index contributed by atoms with van der Waals surface area (Å²) in [5, 5.41) is 0.744. The zero-order valence-electron chi connectivity index (χ0n) is 17.0. The van der Waals surface area contributed by atoms with Gasteiger partial charge in [0.15, 0.2) is 5.16 Å². The molecule has 2 aliphatic rings. The van der Waals surface area contributed by atoms with Crippen LogP contribution in [-0.4, -0.2) is 62.2 Å². The van der Waals surface area contributed by atoms with E-state index in [4.69, 9.17) is 0 Å². The Bertz CT molecular complexity index is 938. The van der Waals surface area contributed by atoms with Crippen LogP contribution < -0.4 is 5.56 Å². The molecule has 1 atom stereocenters. The van der Waals surface area contributed by atoms with E-state index in [1.807, 2.05) is 43.1 Å². The van der Waals surface area contributed by atoms with Crippen LogP contribution in [0.5, 0.6) is 0 Å². The fourth-order valence-corrected chi connectivity index (χ4v) is 5.17. The van der Waals surface area contributed by atoms with Gasteiger partial charge in [-0.2, -0.15) is 0 Å². The normalized spacial score (nSPS) is 19.8. The van der Waals surface area contributed by atoms with Crippen LogP contribution in [0.2, 0.25) is 0 Å². The summed E-state index contributed by atoms with van der Waals surface area (Å²) < 4.78 is 1.71. The Hall–Kier alpha value is -2.19. The standard InChI is InChI=1S/C21H27N5O2S/c1-3-18-15(2)23-21-26(20(18)28)12-16(14-29-21)19(27)25-10-8-24(9-11-25)13-17-6-4-5-7-22-17/h4-7,16H,3,8-14H2,1-2H3/t16-/m1/s1. The van der Waals surface area contributed by atoms with Crippen LogP contribution >= 0.6 is 11.8 Å². The molecule has 0 N–H and O–H groups in total. The number of hydrogen-bond acceptors (Lipinski definition) is 6. The molecular weight excluding hydrogens is 386 g/mol. The third-order valence-corrected chi connectivity index (χ3v) is 6.89. The Labute approximate surface area is 175 Å². The van der Waals surface area contributed by atoms with Gasteiger partial charge >= 0.3 is 0 Å². The Morgan fingerprint density at radius 3 is 2.72 bits per heavy atom. The zero-order valence-corrected chi connectivity index (χ0v) is 17.8. The van der Waals surface area contributed by atoms with E-state index in [2.05, 4.69) is 14.9 Å². The molecule has 0 spiro atoms. The number of thioether (sulfide) groups is 1. The Balaban J connectivity index is 1.38. The number of amides is 1. The molecule has 2 aromatic rings. The maximum absolute atomic E-state index is 13.1. The molecule has 0 aliphatic carbocycles. The minimum Gasteiger partial charge on any atom is -0.340 e. The molecule has 7 nitrogen and oxygen atoms in total. The van der Waals surface area contributed by atoms with Crippen molar-refractivity contribution in [2.24, 2.45) is 5.92 Å². The smallest absolute Gasteiger partial charge is 0.257 e. The minimum atomic E-state index is -0.165. The first-order chi connectivity index (χ1) is 14.1. The molecule has 4 rings (SSSR count). The highest BCUT2D eigenvalue weighted by molar-refractivity contribution is 7.99. The van der Waals surface area contributed by atoms with Gasteiger partial charge in [0.05, 0.1) is 11.6 Å². The molecule has 0 bridgehead atoms. The second-order valence-electron chi connectivity index (χ2n) is 7.66. The van der Waals surface area contributed by atoms with Gasteiger partial charge in [-0.3, -0.25) is 24.0 Å². The number of pyridine rings is 1. The number of rotatable bonds is 4. The average molecular weight is 414 g/mol. The molecule has 154 valence electrons. The molecular formula is C21H27N5O2S. The largest absolute Gasteiger partial charge is 0.340 e. The molecule has 0 radical (unpaired) electrons. The van der Waals surface area contributed by atoms with Gasteiger partial charge in [-0.05, 0) is 25.5 Å². The van der Waals surface area contributed by atoms with Crippen LogP contribution in [0.4, 0.5) is 0 Å². The van der Waals surface area contributed by atoms with Crippen molar-refractivity contribution < 1.29 is 4.79 Å². The lowest BCUT2D eigenvalue weighted by molar-refractivity contribution is -0.137. The molecule has 0 saturated carbocycles. The topological polar surface area (TPSA) is 71.3 Å². The SMILES string of the molecule is CCc1c(C)nc2n(c1=O)C[C@@H](C(=O)N1CCN(Cc3ccccn3)CC1)CS2. The van der Waals surface area contributed by atoms with Crippen LogP contribution in [0.25, 0.3) is 0 Å². The van der Waals surface area contributed by atoms with Crippen molar-refractivity contribution in [1.29, 1.82) is 0 Å². The van der Waals surface area contributed by atoms with Gasteiger partial charge in [0.2, 0.25) is 5.91 Å². The highest BCUT2D eigenvalue weighted by Gasteiger charge is 2.32. The summed E-state index contributed by atoms with van der Waals surface area (Å²) in [7, 11) is 0. The van der Waals surface area contributed by atoms with Crippen molar-refractivity contribution in [3.8, 4) is 0 Å². The number of carbonyl (C=O) groups is 1. The summed E-state index contributed by atoms with van der Waals surface area (Å²) in [6, 6.07) is 5.96. The summed E-state index contributed by atoms with van der Waals surface area (Å²) >= 11 is 1.52. The van der Waals surface area contributed by atoms with E-state index in [1.165, 1.54) is 11.8 Å². The number of carbonyl (C=O) groups excluding carboxylic acids is 1. The van der Waals surface area contributed by atoms with Crippen LogP contribution in [0, 0.1) is 12.8 Å². The average Bonchev–Trinajstić information content (AvgIpc) is 2.75. The summed E-state index contributed by atoms with van der Waals surface area (Å²) in [6.07, 6.45) is 2.48. The van der Waals surface area contributed by atoms with Crippen molar-refractivity contribution in [3.63, 3.8) is 0 Å². The van der Waals surface area contributed by atoms with Gasteiger partial charge in [-0.1, -0.05) is 24.8 Å². The Morgan fingerprint density at radius 2 is 2.03 bits per heavy atom. The number of hydrogen-bond donors (Lipinski definition) is 0. The molecule has 1 fully saturated rings. The van der Waals surface area contributed by atoms with Crippen LogP contribution in [0.15, 0.2) is 34.3 Å². The molecule has 8 heteroatoms. The second-order valence-corrected chi connectivity index (χ2v) is 8.65. The number of nitrogens with zero attached hydrogens (tertiary/aromatic N) is 5. The summed E-state index contributed by atoms with van der Waals surface area (Å²) in [4.78, 5) is 39.2. The highest BCUT2D eigenvalue weighted by atomic mass is 32.2.